The molecule has 0 radical (unpaired) electrons. The van der Waals surface area contributed by atoms with E-state index in [1.165, 1.54) is 0 Å². The lowest BCUT2D eigenvalue weighted by Crippen LogP contribution is -2.41. The fraction of sp³-hybridized carbons (Fsp3) is 0.280. The number of aryl methyl sites for hydroxylation is 1. The van der Waals surface area contributed by atoms with Crippen LogP contribution in [-0.4, -0.2) is 69.9 Å². The normalized spacial score (nSPS) is 14.3. The number of benzene rings is 1. The molecule has 1 saturated heterocycles. The standard InChI is InChI=1S/C25H27N7O2/c1-18-22(3-2-7-26-18)30-21-4-5-23-20(15-21)17-29-32(23)24-16-19(6-8-27-24)25(33)28-9-10-31-11-13-34-14-12-31/h2-8,15-17,30H,9-14H2,1H3,(H,28,33). The van der Waals surface area contributed by atoms with Crippen LogP contribution in [0, 0.1) is 6.92 Å². The average molecular weight is 458 g/mol. The number of morpholine rings is 1. The minimum Gasteiger partial charge on any atom is -0.379 e. The van der Waals surface area contributed by atoms with Crippen LogP contribution in [0.5, 0.6) is 0 Å². The van der Waals surface area contributed by atoms with Crippen LogP contribution in [0.3, 0.4) is 0 Å². The first-order valence-corrected chi connectivity index (χ1v) is 11.4. The monoisotopic (exact) mass is 457 g/mol. The number of hydrogen-bond donors (Lipinski definition) is 2. The number of nitrogens with zero attached hydrogens (tertiary/aromatic N) is 5. The van der Waals surface area contributed by atoms with Crippen LogP contribution in [0.2, 0.25) is 0 Å². The number of ether oxygens (including phenoxy) is 1. The molecule has 34 heavy (non-hydrogen) atoms. The number of amides is 1. The fourth-order valence-electron chi connectivity index (χ4n) is 3.99. The summed E-state index contributed by atoms with van der Waals surface area (Å²) in [5.74, 6) is 0.478. The highest BCUT2D eigenvalue weighted by Crippen LogP contribution is 2.25. The fourth-order valence-corrected chi connectivity index (χ4v) is 3.99. The summed E-state index contributed by atoms with van der Waals surface area (Å²) in [6, 6.07) is 13.4. The van der Waals surface area contributed by atoms with E-state index in [1.54, 1.807) is 35.4 Å². The van der Waals surface area contributed by atoms with Gasteiger partial charge in [0.1, 0.15) is 0 Å². The Balaban J connectivity index is 1.29. The Hall–Kier alpha value is -3.82. The molecule has 1 amide bonds. The molecule has 1 aliphatic rings. The number of nitrogens with one attached hydrogen (secondary N) is 2. The Morgan fingerprint density at radius 2 is 1.97 bits per heavy atom. The van der Waals surface area contributed by atoms with Crippen LogP contribution in [-0.2, 0) is 4.74 Å². The second-order valence-corrected chi connectivity index (χ2v) is 8.20. The Morgan fingerprint density at radius 1 is 1.09 bits per heavy atom. The number of aromatic nitrogens is 4. The third-order valence-corrected chi connectivity index (χ3v) is 5.90. The van der Waals surface area contributed by atoms with Gasteiger partial charge in [-0.3, -0.25) is 14.7 Å². The highest BCUT2D eigenvalue weighted by molar-refractivity contribution is 5.94. The van der Waals surface area contributed by atoms with Crippen LogP contribution in [0.4, 0.5) is 11.4 Å². The summed E-state index contributed by atoms with van der Waals surface area (Å²) in [4.78, 5) is 23.7. The van der Waals surface area contributed by atoms with E-state index >= 15 is 0 Å². The molecule has 2 N–H and O–H groups in total. The molecule has 1 aromatic carbocycles. The predicted octanol–water partition coefficient (Wildman–Crippen LogP) is 2.93. The smallest absolute Gasteiger partial charge is 0.251 e. The molecule has 174 valence electrons. The number of pyridine rings is 2. The second-order valence-electron chi connectivity index (χ2n) is 8.20. The lowest BCUT2D eigenvalue weighted by Gasteiger charge is -2.26. The van der Waals surface area contributed by atoms with Crippen LogP contribution in [0.25, 0.3) is 16.7 Å². The molecule has 1 aliphatic heterocycles. The van der Waals surface area contributed by atoms with Crippen LogP contribution < -0.4 is 10.6 Å². The van der Waals surface area contributed by atoms with Crippen molar-refractivity contribution in [2.24, 2.45) is 0 Å². The molecule has 9 heteroatoms. The van der Waals surface area contributed by atoms with Gasteiger partial charge in [0.2, 0.25) is 0 Å². The first-order valence-electron chi connectivity index (χ1n) is 11.4. The Kier molecular flexibility index (Phi) is 6.46. The van der Waals surface area contributed by atoms with E-state index in [-0.39, 0.29) is 5.91 Å². The predicted molar refractivity (Wildman–Crippen MR) is 131 cm³/mol. The summed E-state index contributed by atoms with van der Waals surface area (Å²) in [6.07, 6.45) is 5.22. The van der Waals surface area contributed by atoms with E-state index in [2.05, 4.69) is 30.6 Å². The molecule has 0 saturated carbocycles. The van der Waals surface area contributed by atoms with Gasteiger partial charge in [0.05, 0.1) is 36.3 Å². The number of rotatable bonds is 7. The molecule has 1 fully saturated rings. The van der Waals surface area contributed by atoms with Gasteiger partial charge < -0.3 is 15.4 Å². The second kappa shape index (κ2) is 9.98. The van der Waals surface area contributed by atoms with E-state index in [9.17, 15) is 4.79 Å². The lowest BCUT2D eigenvalue weighted by molar-refractivity contribution is 0.0383. The summed E-state index contributed by atoms with van der Waals surface area (Å²) in [7, 11) is 0. The van der Waals surface area contributed by atoms with Gasteiger partial charge in [-0.15, -0.1) is 0 Å². The third-order valence-electron chi connectivity index (χ3n) is 5.90. The largest absolute Gasteiger partial charge is 0.379 e. The maximum Gasteiger partial charge on any atom is 0.251 e. The number of fused-ring (bicyclic) bond motifs is 1. The van der Waals surface area contributed by atoms with Crippen LogP contribution in [0.1, 0.15) is 16.1 Å². The molecule has 0 aliphatic carbocycles. The average Bonchev–Trinajstić information content (AvgIpc) is 3.29. The summed E-state index contributed by atoms with van der Waals surface area (Å²) >= 11 is 0. The van der Waals surface area contributed by atoms with E-state index in [0.717, 1.165) is 60.8 Å². The van der Waals surface area contributed by atoms with Gasteiger partial charge >= 0.3 is 0 Å². The topological polar surface area (TPSA) is 97.2 Å². The van der Waals surface area contributed by atoms with E-state index < -0.39 is 0 Å². The zero-order chi connectivity index (χ0) is 23.3. The van der Waals surface area contributed by atoms with Crippen molar-refractivity contribution in [3.05, 3.63) is 72.3 Å². The molecule has 4 heterocycles. The molecule has 0 bridgehead atoms. The Bertz CT molecular complexity index is 1300. The summed E-state index contributed by atoms with van der Waals surface area (Å²) in [5, 5.41) is 11.9. The Morgan fingerprint density at radius 3 is 2.82 bits per heavy atom. The molecule has 0 unspecified atom stereocenters. The minimum absolute atomic E-state index is 0.119. The van der Waals surface area contributed by atoms with Crippen molar-refractivity contribution in [2.45, 2.75) is 6.92 Å². The SMILES string of the molecule is Cc1ncccc1Nc1ccc2c(cnn2-c2cc(C(=O)NCCN3CCOCC3)ccn2)c1. The molecular formula is C25H27N7O2. The van der Waals surface area contributed by atoms with E-state index in [0.29, 0.717) is 17.9 Å². The van der Waals surface area contributed by atoms with Crippen molar-refractivity contribution in [2.75, 3.05) is 44.7 Å². The highest BCUT2D eigenvalue weighted by Gasteiger charge is 2.13. The zero-order valence-corrected chi connectivity index (χ0v) is 19.1. The summed E-state index contributed by atoms with van der Waals surface area (Å²) in [5.41, 5.74) is 4.31. The lowest BCUT2D eigenvalue weighted by atomic mass is 10.2. The molecule has 5 rings (SSSR count). The maximum absolute atomic E-state index is 12.7. The summed E-state index contributed by atoms with van der Waals surface area (Å²) in [6.45, 7) is 6.68. The maximum atomic E-state index is 12.7. The molecule has 0 atom stereocenters. The van der Waals surface area contributed by atoms with Crippen molar-refractivity contribution in [3.63, 3.8) is 0 Å². The van der Waals surface area contributed by atoms with Crippen molar-refractivity contribution in [1.29, 1.82) is 0 Å². The molecule has 4 aromatic rings. The quantitative estimate of drug-likeness (QED) is 0.440. The van der Waals surface area contributed by atoms with Crippen molar-refractivity contribution in [1.82, 2.24) is 30.0 Å². The first kappa shape index (κ1) is 22.0. The van der Waals surface area contributed by atoms with Gasteiger partial charge in [0, 0.05) is 55.2 Å². The van der Waals surface area contributed by atoms with E-state index in [1.807, 2.05) is 37.3 Å². The zero-order valence-electron chi connectivity index (χ0n) is 19.1. The van der Waals surface area contributed by atoms with Crippen molar-refractivity contribution in [3.8, 4) is 5.82 Å². The van der Waals surface area contributed by atoms with E-state index in [4.69, 9.17) is 4.74 Å². The van der Waals surface area contributed by atoms with Gasteiger partial charge in [-0.2, -0.15) is 5.10 Å². The molecule has 3 aromatic heterocycles. The molecule has 9 nitrogen and oxygen atoms in total. The van der Waals surface area contributed by atoms with Gasteiger partial charge in [0.25, 0.3) is 5.91 Å². The number of hydrogen-bond acceptors (Lipinski definition) is 7. The Labute approximate surface area is 197 Å². The minimum atomic E-state index is -0.119. The van der Waals surface area contributed by atoms with Crippen molar-refractivity contribution >= 4 is 28.2 Å². The van der Waals surface area contributed by atoms with Crippen molar-refractivity contribution < 1.29 is 9.53 Å². The van der Waals surface area contributed by atoms with Gasteiger partial charge in [-0.1, -0.05) is 0 Å². The first-order chi connectivity index (χ1) is 16.7. The highest BCUT2D eigenvalue weighted by atomic mass is 16.5. The third kappa shape index (κ3) is 4.90. The number of carbonyl (C=O) groups is 1. The molecular weight excluding hydrogens is 430 g/mol. The van der Waals surface area contributed by atoms with Gasteiger partial charge in [0.15, 0.2) is 5.82 Å². The summed E-state index contributed by atoms with van der Waals surface area (Å²) < 4.78 is 7.11. The van der Waals surface area contributed by atoms with Crippen LogP contribution >= 0.6 is 0 Å². The van der Waals surface area contributed by atoms with Gasteiger partial charge in [-0.25, -0.2) is 9.67 Å². The molecule has 0 spiro atoms. The van der Waals surface area contributed by atoms with Gasteiger partial charge in [-0.05, 0) is 49.4 Å². The number of anilines is 2. The number of carbonyl (C=O) groups excluding carboxylic acids is 1. The van der Waals surface area contributed by atoms with Crippen LogP contribution in [0.15, 0.2) is 61.1 Å².